The summed E-state index contributed by atoms with van der Waals surface area (Å²) in [5, 5.41) is 6.35. The molecule has 0 aliphatic carbocycles. The summed E-state index contributed by atoms with van der Waals surface area (Å²) in [5.74, 6) is 0.569. The first-order valence-corrected chi connectivity index (χ1v) is 3.12. The van der Waals surface area contributed by atoms with Gasteiger partial charge in [0.2, 0.25) is 5.88 Å². The molecule has 2 heterocycles. The van der Waals surface area contributed by atoms with Crippen LogP contribution < -0.4 is 4.74 Å². The second kappa shape index (κ2) is 2.45. The molecule has 0 spiro atoms. The Morgan fingerprint density at radius 2 is 2.36 bits per heavy atom. The first kappa shape index (κ1) is 5.96. The Bertz CT molecular complexity index is 267. The summed E-state index contributed by atoms with van der Waals surface area (Å²) in [5.41, 5.74) is 0. The lowest BCUT2D eigenvalue weighted by Gasteiger charge is -1.94. The van der Waals surface area contributed by atoms with E-state index in [4.69, 9.17) is 4.74 Å². The summed E-state index contributed by atoms with van der Waals surface area (Å²) in [7, 11) is 0. The van der Waals surface area contributed by atoms with Crippen molar-refractivity contribution >= 4 is 0 Å². The van der Waals surface area contributed by atoms with Crippen LogP contribution in [0.3, 0.4) is 0 Å². The highest BCUT2D eigenvalue weighted by Crippen LogP contribution is 2.11. The topological polar surface area (TPSA) is 66.6 Å². The Morgan fingerprint density at radius 3 is 3.00 bits per heavy atom. The number of aromatic nitrogens is 4. The number of imidazole rings is 1. The number of nitrogens with one attached hydrogen (secondary N) is 2. The zero-order valence-corrected chi connectivity index (χ0v) is 5.61. The predicted octanol–water partition coefficient (Wildman–Crippen LogP) is 0.925. The third-order valence-corrected chi connectivity index (χ3v) is 1.15. The van der Waals surface area contributed by atoms with Gasteiger partial charge in [-0.25, -0.2) is 10.1 Å². The molecule has 0 atom stereocenters. The van der Waals surface area contributed by atoms with Crippen molar-refractivity contribution in [2.24, 2.45) is 0 Å². The molecule has 11 heavy (non-hydrogen) atoms. The molecule has 5 nitrogen and oxygen atoms in total. The fourth-order valence-corrected chi connectivity index (χ4v) is 0.711. The lowest BCUT2D eigenvalue weighted by Crippen LogP contribution is -1.85. The fraction of sp³-hybridized carbons (Fsp3) is 0. The zero-order valence-electron chi connectivity index (χ0n) is 5.61. The number of H-pyrrole nitrogens is 2. The van der Waals surface area contributed by atoms with Gasteiger partial charge in [0.05, 0.1) is 6.20 Å². The van der Waals surface area contributed by atoms with Crippen LogP contribution >= 0.6 is 0 Å². The largest absolute Gasteiger partial charge is 0.407 e. The molecule has 0 fully saturated rings. The highest BCUT2D eigenvalue weighted by atomic mass is 16.5. The van der Waals surface area contributed by atoms with Crippen LogP contribution in [0.5, 0.6) is 11.9 Å². The van der Waals surface area contributed by atoms with Crippen LogP contribution in [0.4, 0.5) is 0 Å². The van der Waals surface area contributed by atoms with Crippen molar-refractivity contribution in [2.75, 3.05) is 0 Å². The van der Waals surface area contributed by atoms with Gasteiger partial charge in [0.1, 0.15) is 0 Å². The van der Waals surface area contributed by atoms with Gasteiger partial charge in [-0.2, -0.15) is 5.10 Å². The van der Waals surface area contributed by atoms with Crippen molar-refractivity contribution in [1.82, 2.24) is 20.2 Å². The molecule has 2 aromatic heterocycles. The quantitative estimate of drug-likeness (QED) is 0.669. The van der Waals surface area contributed by atoms with Crippen LogP contribution in [-0.4, -0.2) is 20.2 Å². The Morgan fingerprint density at radius 1 is 1.36 bits per heavy atom. The van der Waals surface area contributed by atoms with Gasteiger partial charge in [-0.15, -0.1) is 0 Å². The average Bonchev–Trinajstić information content (AvgIpc) is 2.60. The fourth-order valence-electron chi connectivity index (χ4n) is 0.711. The molecule has 56 valence electrons. The summed E-state index contributed by atoms with van der Waals surface area (Å²) in [6.45, 7) is 0. The monoisotopic (exact) mass is 150 g/mol. The number of nitrogens with zero attached hydrogens (tertiary/aromatic N) is 2. The van der Waals surface area contributed by atoms with Crippen LogP contribution in [0.15, 0.2) is 24.7 Å². The molecule has 0 amide bonds. The standard InChI is InChI=1S/C6H6N4O/c1-2-9-10-5(1)11-6-7-3-4-8-6/h1-4H,(H,7,8)(H,9,10). The lowest BCUT2D eigenvalue weighted by atomic mass is 10.7. The molecular weight excluding hydrogens is 144 g/mol. The smallest absolute Gasteiger partial charge is 0.300 e. The van der Waals surface area contributed by atoms with Crippen LogP contribution in [0.25, 0.3) is 0 Å². The first-order valence-electron chi connectivity index (χ1n) is 3.12. The first-order chi connectivity index (χ1) is 5.45. The highest BCUT2D eigenvalue weighted by Gasteiger charge is 1.97. The summed E-state index contributed by atoms with van der Waals surface area (Å²) < 4.78 is 5.17. The molecular formula is C6H6N4O. The maximum atomic E-state index is 5.17. The Hall–Kier alpha value is -1.78. The molecule has 0 unspecified atom stereocenters. The Labute approximate surface area is 62.4 Å². The number of hydrogen-bond donors (Lipinski definition) is 2. The van der Waals surface area contributed by atoms with Gasteiger partial charge in [-0.1, -0.05) is 0 Å². The van der Waals surface area contributed by atoms with Gasteiger partial charge in [-0.05, 0) is 0 Å². The van der Waals surface area contributed by atoms with Crippen LogP contribution in [-0.2, 0) is 0 Å². The van der Waals surface area contributed by atoms with Crippen LogP contribution in [0, 0.1) is 0 Å². The summed E-state index contributed by atoms with van der Waals surface area (Å²) in [4.78, 5) is 6.66. The average molecular weight is 150 g/mol. The number of ether oxygens (including phenoxy) is 1. The van der Waals surface area contributed by atoms with E-state index in [2.05, 4.69) is 20.2 Å². The number of hydrogen-bond acceptors (Lipinski definition) is 3. The van der Waals surface area contributed by atoms with E-state index in [1.807, 2.05) is 0 Å². The molecule has 0 radical (unpaired) electrons. The van der Waals surface area contributed by atoms with Crippen molar-refractivity contribution in [3.8, 4) is 11.9 Å². The minimum Gasteiger partial charge on any atom is -0.407 e. The van der Waals surface area contributed by atoms with Crippen LogP contribution in [0.1, 0.15) is 0 Å². The minimum atomic E-state index is 0.453. The van der Waals surface area contributed by atoms with E-state index < -0.39 is 0 Å². The van der Waals surface area contributed by atoms with E-state index in [1.54, 1.807) is 24.7 Å². The molecule has 0 bridgehead atoms. The van der Waals surface area contributed by atoms with Gasteiger partial charge in [-0.3, -0.25) is 0 Å². The van der Waals surface area contributed by atoms with Crippen molar-refractivity contribution in [3.05, 3.63) is 24.7 Å². The van der Waals surface area contributed by atoms with E-state index in [0.717, 1.165) is 0 Å². The normalized spacial score (nSPS) is 9.82. The van der Waals surface area contributed by atoms with E-state index in [1.165, 1.54) is 0 Å². The van der Waals surface area contributed by atoms with E-state index in [9.17, 15) is 0 Å². The lowest BCUT2D eigenvalue weighted by molar-refractivity contribution is 0.429. The second-order valence-corrected chi connectivity index (χ2v) is 1.92. The molecule has 0 aromatic carbocycles. The predicted molar refractivity (Wildman–Crippen MR) is 37.2 cm³/mol. The van der Waals surface area contributed by atoms with Gasteiger partial charge >= 0.3 is 0 Å². The molecule has 2 N–H and O–H groups in total. The molecule has 2 rings (SSSR count). The van der Waals surface area contributed by atoms with Crippen LogP contribution in [0.2, 0.25) is 0 Å². The SMILES string of the molecule is c1cc(Oc2ncc[nH]2)[nH]n1. The van der Waals surface area contributed by atoms with Crippen molar-refractivity contribution in [1.29, 1.82) is 0 Å². The van der Waals surface area contributed by atoms with E-state index in [0.29, 0.717) is 11.9 Å². The minimum absolute atomic E-state index is 0.453. The zero-order chi connectivity index (χ0) is 7.52. The van der Waals surface area contributed by atoms with Gasteiger partial charge in [0.15, 0.2) is 0 Å². The molecule has 2 aromatic rings. The molecule has 0 saturated heterocycles. The van der Waals surface area contributed by atoms with Gasteiger partial charge in [0, 0.05) is 18.5 Å². The summed E-state index contributed by atoms with van der Waals surface area (Å²) in [6.07, 6.45) is 4.91. The van der Waals surface area contributed by atoms with Crippen molar-refractivity contribution < 1.29 is 4.74 Å². The Balaban J connectivity index is 2.14. The number of aromatic amines is 2. The number of rotatable bonds is 2. The van der Waals surface area contributed by atoms with Gasteiger partial charge in [0.25, 0.3) is 6.01 Å². The molecule has 5 heteroatoms. The highest BCUT2D eigenvalue weighted by molar-refractivity contribution is 5.10. The maximum absolute atomic E-state index is 5.17. The molecule has 0 saturated carbocycles. The van der Waals surface area contributed by atoms with Crippen molar-refractivity contribution in [2.45, 2.75) is 0 Å². The van der Waals surface area contributed by atoms with E-state index in [-0.39, 0.29) is 0 Å². The third-order valence-electron chi connectivity index (χ3n) is 1.15. The molecule has 0 aliphatic rings. The van der Waals surface area contributed by atoms with Gasteiger partial charge < -0.3 is 9.72 Å². The third kappa shape index (κ3) is 1.21. The Kier molecular flexibility index (Phi) is 1.33. The van der Waals surface area contributed by atoms with E-state index >= 15 is 0 Å². The summed E-state index contributed by atoms with van der Waals surface area (Å²) >= 11 is 0. The van der Waals surface area contributed by atoms with Crippen molar-refractivity contribution in [3.63, 3.8) is 0 Å². The summed E-state index contributed by atoms with van der Waals surface area (Å²) in [6, 6.07) is 2.16. The molecule has 0 aliphatic heterocycles. The maximum Gasteiger partial charge on any atom is 0.300 e. The second-order valence-electron chi connectivity index (χ2n) is 1.92.